The summed E-state index contributed by atoms with van der Waals surface area (Å²) < 4.78 is 10.8. The first-order valence-corrected chi connectivity index (χ1v) is 9.80. The van der Waals surface area contributed by atoms with Gasteiger partial charge in [0.25, 0.3) is 5.69 Å². The lowest BCUT2D eigenvalue weighted by molar-refractivity contribution is -0.384. The van der Waals surface area contributed by atoms with E-state index < -0.39 is 22.9 Å². The van der Waals surface area contributed by atoms with Crippen molar-refractivity contribution >= 4 is 17.6 Å². The molecule has 1 fully saturated rings. The molecular weight excluding hydrogens is 392 g/mol. The highest BCUT2D eigenvalue weighted by Gasteiger charge is 2.57. The molecule has 9 heteroatoms. The number of amides is 1. The Labute approximate surface area is 172 Å². The zero-order valence-corrected chi connectivity index (χ0v) is 16.4. The minimum Gasteiger partial charge on any atom is -0.456 e. The van der Waals surface area contributed by atoms with E-state index in [1.807, 2.05) is 6.08 Å². The molecule has 1 aromatic rings. The van der Waals surface area contributed by atoms with Crippen molar-refractivity contribution in [2.45, 2.75) is 38.5 Å². The van der Waals surface area contributed by atoms with Gasteiger partial charge in [-0.05, 0) is 48.6 Å². The molecule has 1 N–H and O–H groups in total. The number of β-lactam (4-membered cyclic amide) rings is 1. The Morgan fingerprint density at radius 2 is 2.13 bits per heavy atom. The van der Waals surface area contributed by atoms with Gasteiger partial charge in [-0.15, -0.1) is 0 Å². The molecule has 1 saturated heterocycles. The number of benzene rings is 1. The van der Waals surface area contributed by atoms with Gasteiger partial charge >= 0.3 is 5.97 Å². The summed E-state index contributed by atoms with van der Waals surface area (Å²) in [6, 6.07) is 5.49. The molecule has 0 aliphatic carbocycles. The van der Waals surface area contributed by atoms with Crippen molar-refractivity contribution in [1.29, 1.82) is 0 Å². The largest absolute Gasteiger partial charge is 0.456 e. The van der Waals surface area contributed by atoms with Crippen LogP contribution in [0.1, 0.15) is 25.3 Å². The molecule has 0 aromatic heterocycles. The first-order chi connectivity index (χ1) is 14.4. The Morgan fingerprint density at radius 1 is 1.40 bits per heavy atom. The molecule has 0 bridgehead atoms. The average Bonchev–Trinajstić information content (AvgIpc) is 3.07. The van der Waals surface area contributed by atoms with Crippen LogP contribution >= 0.6 is 0 Å². The summed E-state index contributed by atoms with van der Waals surface area (Å²) >= 11 is 0. The van der Waals surface area contributed by atoms with Gasteiger partial charge in [0.1, 0.15) is 12.3 Å². The number of aliphatic hydroxyl groups is 1. The maximum atomic E-state index is 13.0. The normalized spacial score (nSPS) is 24.1. The van der Waals surface area contributed by atoms with Crippen LogP contribution in [-0.2, 0) is 25.7 Å². The van der Waals surface area contributed by atoms with Crippen molar-refractivity contribution in [3.63, 3.8) is 0 Å². The number of fused-ring (bicyclic) bond motifs is 1. The lowest BCUT2D eigenvalue weighted by Crippen LogP contribution is -2.61. The fourth-order valence-electron chi connectivity index (χ4n) is 4.28. The van der Waals surface area contributed by atoms with E-state index in [2.05, 4.69) is 0 Å². The van der Waals surface area contributed by atoms with E-state index in [1.165, 1.54) is 29.2 Å². The SMILES string of the molecule is C[C@@H](O)[C@H]1C(=O)N2C(C(=O)OCc3ccc([N+](=O)[O-])cc3)=C(C3=CCOCC3)C[C@H]12. The topological polar surface area (TPSA) is 119 Å². The van der Waals surface area contributed by atoms with Gasteiger partial charge in [0.2, 0.25) is 5.91 Å². The van der Waals surface area contributed by atoms with Gasteiger partial charge in [-0.1, -0.05) is 6.08 Å². The van der Waals surface area contributed by atoms with E-state index in [-0.39, 0.29) is 29.9 Å². The van der Waals surface area contributed by atoms with Crippen molar-refractivity contribution in [3.8, 4) is 0 Å². The summed E-state index contributed by atoms with van der Waals surface area (Å²) in [6.07, 6.45) is 2.26. The van der Waals surface area contributed by atoms with E-state index in [0.717, 1.165) is 11.1 Å². The second-order valence-corrected chi connectivity index (χ2v) is 7.63. The van der Waals surface area contributed by atoms with Gasteiger partial charge in [-0.25, -0.2) is 4.79 Å². The van der Waals surface area contributed by atoms with E-state index >= 15 is 0 Å². The van der Waals surface area contributed by atoms with E-state index in [1.54, 1.807) is 6.92 Å². The molecule has 0 radical (unpaired) electrons. The third kappa shape index (κ3) is 3.50. The van der Waals surface area contributed by atoms with E-state index in [9.17, 15) is 24.8 Å². The van der Waals surface area contributed by atoms with Gasteiger partial charge < -0.3 is 19.5 Å². The molecular formula is C21H22N2O7. The minimum absolute atomic E-state index is 0.0458. The van der Waals surface area contributed by atoms with Crippen LogP contribution in [0.3, 0.4) is 0 Å². The summed E-state index contributed by atoms with van der Waals surface area (Å²) in [5, 5.41) is 20.7. The Hall–Kier alpha value is -3.04. The third-order valence-electron chi connectivity index (χ3n) is 5.79. The number of esters is 1. The van der Waals surface area contributed by atoms with Crippen LogP contribution in [0.2, 0.25) is 0 Å². The molecule has 1 aromatic carbocycles. The average molecular weight is 414 g/mol. The van der Waals surface area contributed by atoms with Gasteiger partial charge in [0.05, 0.1) is 36.2 Å². The number of aliphatic hydroxyl groups excluding tert-OH is 1. The molecule has 3 aliphatic rings. The zero-order chi connectivity index (χ0) is 21.4. The van der Waals surface area contributed by atoms with Gasteiger partial charge in [0, 0.05) is 12.1 Å². The van der Waals surface area contributed by atoms with Gasteiger partial charge in [-0.3, -0.25) is 14.9 Å². The molecule has 30 heavy (non-hydrogen) atoms. The van der Waals surface area contributed by atoms with Crippen LogP contribution in [0.15, 0.2) is 47.2 Å². The molecule has 3 atom stereocenters. The molecule has 158 valence electrons. The molecule has 9 nitrogen and oxygen atoms in total. The maximum absolute atomic E-state index is 13.0. The van der Waals surface area contributed by atoms with Crippen LogP contribution in [0, 0.1) is 16.0 Å². The number of non-ortho nitro benzene ring substituents is 1. The second kappa shape index (κ2) is 8.00. The minimum atomic E-state index is -0.792. The standard InChI is InChI=1S/C21H22N2O7/c1-12(24)18-17-10-16(14-6-8-29-9-7-14)19(22(17)20(18)25)21(26)30-11-13-2-4-15(5-3-13)23(27)28/h2-6,12,17-18,24H,7-11H2,1H3/t12-,17-,18-/m1/s1. The fourth-order valence-corrected chi connectivity index (χ4v) is 4.28. The van der Waals surface area contributed by atoms with Crippen molar-refractivity contribution < 1.29 is 29.1 Å². The molecule has 0 spiro atoms. The van der Waals surface area contributed by atoms with Crippen LogP contribution in [0.4, 0.5) is 5.69 Å². The maximum Gasteiger partial charge on any atom is 0.355 e. The Morgan fingerprint density at radius 3 is 2.73 bits per heavy atom. The van der Waals surface area contributed by atoms with Gasteiger partial charge in [0.15, 0.2) is 0 Å². The number of carbonyl (C=O) groups is 2. The number of hydrogen-bond donors (Lipinski definition) is 1. The molecule has 3 heterocycles. The van der Waals surface area contributed by atoms with Crippen LogP contribution in [0.25, 0.3) is 0 Å². The number of hydrogen-bond acceptors (Lipinski definition) is 7. The number of ether oxygens (including phenoxy) is 2. The monoisotopic (exact) mass is 414 g/mol. The van der Waals surface area contributed by atoms with Crippen LogP contribution < -0.4 is 0 Å². The lowest BCUT2D eigenvalue weighted by atomic mass is 9.82. The number of nitro groups is 1. The predicted octanol–water partition coefficient (Wildman–Crippen LogP) is 1.85. The highest BCUT2D eigenvalue weighted by Crippen LogP contribution is 2.46. The molecule has 0 saturated carbocycles. The Balaban J connectivity index is 1.55. The first kappa shape index (κ1) is 20.2. The number of carbonyl (C=O) groups excluding carboxylic acids is 2. The van der Waals surface area contributed by atoms with Gasteiger partial charge in [-0.2, -0.15) is 0 Å². The van der Waals surface area contributed by atoms with E-state index in [4.69, 9.17) is 9.47 Å². The zero-order valence-electron chi connectivity index (χ0n) is 16.4. The number of nitro benzene ring substituents is 1. The molecule has 3 aliphatic heterocycles. The van der Waals surface area contributed by atoms with E-state index in [0.29, 0.717) is 31.6 Å². The van der Waals surface area contributed by atoms with Crippen LogP contribution in [0.5, 0.6) is 0 Å². The molecule has 0 unspecified atom stereocenters. The highest BCUT2D eigenvalue weighted by molar-refractivity contribution is 6.01. The van der Waals surface area contributed by atoms with Crippen molar-refractivity contribution in [2.24, 2.45) is 5.92 Å². The van der Waals surface area contributed by atoms with Crippen molar-refractivity contribution in [3.05, 3.63) is 62.9 Å². The molecule has 4 rings (SSSR count). The fraction of sp³-hybridized carbons (Fsp3) is 0.429. The van der Waals surface area contributed by atoms with Crippen molar-refractivity contribution in [1.82, 2.24) is 4.90 Å². The summed E-state index contributed by atoms with van der Waals surface area (Å²) in [7, 11) is 0. The highest BCUT2D eigenvalue weighted by atomic mass is 16.6. The number of rotatable bonds is 6. The van der Waals surface area contributed by atoms with Crippen molar-refractivity contribution in [2.75, 3.05) is 13.2 Å². The smallest absolute Gasteiger partial charge is 0.355 e. The Kier molecular flexibility index (Phi) is 5.40. The predicted molar refractivity (Wildman–Crippen MR) is 104 cm³/mol. The summed E-state index contributed by atoms with van der Waals surface area (Å²) in [5.74, 6) is -1.42. The Bertz CT molecular complexity index is 949. The first-order valence-electron chi connectivity index (χ1n) is 9.80. The molecule has 1 amide bonds. The second-order valence-electron chi connectivity index (χ2n) is 7.63. The number of nitrogens with zero attached hydrogens (tertiary/aromatic N) is 2. The third-order valence-corrected chi connectivity index (χ3v) is 5.79. The summed E-state index contributed by atoms with van der Waals surface area (Å²) in [5.41, 5.74) is 2.53. The summed E-state index contributed by atoms with van der Waals surface area (Å²) in [4.78, 5) is 37.3. The quantitative estimate of drug-likeness (QED) is 0.326. The lowest BCUT2D eigenvalue weighted by Gasteiger charge is -2.44. The summed E-state index contributed by atoms with van der Waals surface area (Å²) in [6.45, 7) is 2.50. The van der Waals surface area contributed by atoms with Crippen LogP contribution in [-0.4, -0.2) is 52.2 Å².